The summed E-state index contributed by atoms with van der Waals surface area (Å²) >= 11 is 0. The Bertz CT molecular complexity index is 845. The van der Waals surface area contributed by atoms with E-state index in [1.54, 1.807) is 24.3 Å². The van der Waals surface area contributed by atoms with Gasteiger partial charge in [-0.05, 0) is 55.0 Å². The number of carbonyl (C=O) groups excluding carboxylic acids is 3. The van der Waals surface area contributed by atoms with E-state index in [9.17, 15) is 18.8 Å². The monoisotopic (exact) mass is 370 g/mol. The van der Waals surface area contributed by atoms with Gasteiger partial charge >= 0.3 is 5.97 Å². The molecule has 0 fully saturated rings. The number of carbonyl (C=O) groups is 3. The summed E-state index contributed by atoms with van der Waals surface area (Å²) in [6.07, 6.45) is 1.62. The van der Waals surface area contributed by atoms with E-state index in [0.717, 1.165) is 0 Å². The highest BCUT2D eigenvalue weighted by Crippen LogP contribution is 2.14. The van der Waals surface area contributed by atoms with Crippen LogP contribution in [0, 0.1) is 5.82 Å². The minimum atomic E-state index is -1.01. The number of nitrogens with one attached hydrogen (secondary N) is 2. The quantitative estimate of drug-likeness (QED) is 0.603. The van der Waals surface area contributed by atoms with E-state index < -0.39 is 18.0 Å². The van der Waals surface area contributed by atoms with E-state index in [1.165, 1.54) is 50.3 Å². The van der Waals surface area contributed by atoms with Crippen molar-refractivity contribution in [3.05, 3.63) is 66.0 Å². The third kappa shape index (κ3) is 6.74. The van der Waals surface area contributed by atoms with Gasteiger partial charge in [0.05, 0.1) is 0 Å². The van der Waals surface area contributed by atoms with E-state index in [4.69, 9.17) is 4.74 Å². The lowest BCUT2D eigenvalue weighted by molar-refractivity contribution is -0.148. The summed E-state index contributed by atoms with van der Waals surface area (Å²) in [5.41, 5.74) is 1.73. The lowest BCUT2D eigenvalue weighted by Gasteiger charge is -2.12. The second kappa shape index (κ2) is 9.28. The summed E-state index contributed by atoms with van der Waals surface area (Å²) in [6.45, 7) is 2.85. The van der Waals surface area contributed by atoms with Gasteiger partial charge in [-0.25, -0.2) is 9.18 Å². The van der Waals surface area contributed by atoms with Crippen molar-refractivity contribution in [1.29, 1.82) is 0 Å². The van der Waals surface area contributed by atoms with Gasteiger partial charge < -0.3 is 15.4 Å². The van der Waals surface area contributed by atoms with Crippen molar-refractivity contribution in [3.63, 3.8) is 0 Å². The molecule has 0 heterocycles. The SMILES string of the molecule is CC(=O)Nc1ccc(NC(=O)C(C)OC(=O)/C=C/c2ccc(F)cc2)cc1. The molecule has 0 saturated heterocycles. The third-order valence-electron chi connectivity index (χ3n) is 3.42. The molecule has 0 aliphatic heterocycles. The summed E-state index contributed by atoms with van der Waals surface area (Å²) in [5, 5.41) is 5.23. The average molecular weight is 370 g/mol. The molecule has 0 aliphatic carbocycles. The maximum atomic E-state index is 12.8. The normalized spacial score (nSPS) is 11.7. The van der Waals surface area contributed by atoms with E-state index in [0.29, 0.717) is 16.9 Å². The van der Waals surface area contributed by atoms with Crippen LogP contribution in [0.3, 0.4) is 0 Å². The van der Waals surface area contributed by atoms with Crippen LogP contribution in [-0.4, -0.2) is 23.9 Å². The lowest BCUT2D eigenvalue weighted by Crippen LogP contribution is -2.29. The van der Waals surface area contributed by atoms with Crippen LogP contribution in [0.5, 0.6) is 0 Å². The van der Waals surface area contributed by atoms with Gasteiger partial charge in [-0.1, -0.05) is 12.1 Å². The van der Waals surface area contributed by atoms with Crippen molar-refractivity contribution in [1.82, 2.24) is 0 Å². The molecule has 0 spiro atoms. The minimum Gasteiger partial charge on any atom is -0.449 e. The van der Waals surface area contributed by atoms with Crippen LogP contribution in [0.1, 0.15) is 19.4 Å². The molecule has 2 N–H and O–H groups in total. The molecule has 140 valence electrons. The molecule has 2 amide bonds. The number of amides is 2. The first-order chi connectivity index (χ1) is 12.8. The van der Waals surface area contributed by atoms with Crippen LogP contribution in [0.2, 0.25) is 0 Å². The molecule has 2 aromatic rings. The Morgan fingerprint density at radius 1 is 0.963 bits per heavy atom. The number of hydrogen-bond donors (Lipinski definition) is 2. The minimum absolute atomic E-state index is 0.194. The first-order valence-corrected chi connectivity index (χ1v) is 8.16. The van der Waals surface area contributed by atoms with Crippen molar-refractivity contribution >= 4 is 35.2 Å². The molecule has 2 rings (SSSR count). The number of halogens is 1. The van der Waals surface area contributed by atoms with Crippen LogP contribution in [0.15, 0.2) is 54.6 Å². The van der Waals surface area contributed by atoms with Crippen LogP contribution in [-0.2, 0) is 19.1 Å². The van der Waals surface area contributed by atoms with Gasteiger partial charge in [0.1, 0.15) is 5.82 Å². The lowest BCUT2D eigenvalue weighted by atomic mass is 10.2. The molecule has 27 heavy (non-hydrogen) atoms. The summed E-state index contributed by atoms with van der Waals surface area (Å²) in [7, 11) is 0. The number of rotatable bonds is 6. The maximum Gasteiger partial charge on any atom is 0.331 e. The van der Waals surface area contributed by atoms with Crippen molar-refractivity contribution in [2.24, 2.45) is 0 Å². The first kappa shape index (κ1) is 19.8. The topological polar surface area (TPSA) is 84.5 Å². The zero-order valence-electron chi connectivity index (χ0n) is 14.9. The number of ether oxygens (including phenoxy) is 1. The fraction of sp³-hybridized carbons (Fsp3) is 0.150. The smallest absolute Gasteiger partial charge is 0.331 e. The summed E-state index contributed by atoms with van der Waals surface area (Å²) in [5.74, 6) is -1.75. The second-order valence-corrected chi connectivity index (χ2v) is 5.71. The Morgan fingerprint density at radius 3 is 2.07 bits per heavy atom. The molecule has 1 atom stereocenters. The molecular weight excluding hydrogens is 351 g/mol. The van der Waals surface area contributed by atoms with Gasteiger partial charge in [0.2, 0.25) is 5.91 Å². The molecule has 0 aliphatic rings. The van der Waals surface area contributed by atoms with Crippen LogP contribution >= 0.6 is 0 Å². The van der Waals surface area contributed by atoms with E-state index in [-0.39, 0.29) is 11.7 Å². The van der Waals surface area contributed by atoms with Gasteiger partial charge in [0, 0.05) is 24.4 Å². The molecule has 2 aromatic carbocycles. The summed E-state index contributed by atoms with van der Waals surface area (Å²) < 4.78 is 17.9. The van der Waals surface area contributed by atoms with E-state index >= 15 is 0 Å². The molecule has 0 radical (unpaired) electrons. The highest BCUT2D eigenvalue weighted by Gasteiger charge is 2.16. The Kier molecular flexibility index (Phi) is 6.82. The van der Waals surface area contributed by atoms with Crippen molar-refractivity contribution in [2.45, 2.75) is 20.0 Å². The largest absolute Gasteiger partial charge is 0.449 e. The molecule has 0 bridgehead atoms. The summed E-state index contributed by atoms with van der Waals surface area (Å²) in [4.78, 5) is 34.9. The number of anilines is 2. The predicted octanol–water partition coefficient (Wildman–Crippen LogP) is 3.37. The van der Waals surface area contributed by atoms with Crippen LogP contribution in [0.4, 0.5) is 15.8 Å². The highest BCUT2D eigenvalue weighted by atomic mass is 19.1. The highest BCUT2D eigenvalue weighted by molar-refractivity contribution is 5.97. The fourth-order valence-electron chi connectivity index (χ4n) is 2.09. The van der Waals surface area contributed by atoms with Crippen molar-refractivity contribution < 1.29 is 23.5 Å². The Morgan fingerprint density at radius 2 is 1.52 bits per heavy atom. The zero-order valence-corrected chi connectivity index (χ0v) is 14.9. The zero-order chi connectivity index (χ0) is 19.8. The maximum absolute atomic E-state index is 12.8. The number of benzene rings is 2. The number of esters is 1. The van der Waals surface area contributed by atoms with Gasteiger partial charge in [0.15, 0.2) is 6.10 Å². The molecule has 0 saturated carbocycles. The van der Waals surface area contributed by atoms with Crippen LogP contribution < -0.4 is 10.6 Å². The average Bonchev–Trinajstić information content (AvgIpc) is 2.62. The molecule has 6 nitrogen and oxygen atoms in total. The second-order valence-electron chi connectivity index (χ2n) is 5.71. The Hall–Kier alpha value is -3.48. The fourth-order valence-corrected chi connectivity index (χ4v) is 2.09. The summed E-state index contributed by atoms with van der Waals surface area (Å²) in [6, 6.07) is 12.1. The van der Waals surface area contributed by atoms with Crippen molar-refractivity contribution in [2.75, 3.05) is 10.6 Å². The predicted molar refractivity (Wildman–Crippen MR) is 100 cm³/mol. The number of hydrogen-bond acceptors (Lipinski definition) is 4. The first-order valence-electron chi connectivity index (χ1n) is 8.16. The van der Waals surface area contributed by atoms with Crippen LogP contribution in [0.25, 0.3) is 6.08 Å². The van der Waals surface area contributed by atoms with Gasteiger partial charge in [-0.3, -0.25) is 9.59 Å². The Balaban J connectivity index is 1.86. The van der Waals surface area contributed by atoms with Gasteiger partial charge in [-0.2, -0.15) is 0 Å². The van der Waals surface area contributed by atoms with Gasteiger partial charge in [0.25, 0.3) is 5.91 Å². The molecule has 7 heteroatoms. The standard InChI is InChI=1S/C20H19FN2O4/c1-13(27-19(25)12-5-15-3-6-16(21)7-4-15)20(26)23-18-10-8-17(9-11-18)22-14(2)24/h3-13H,1-2H3,(H,22,24)(H,23,26)/b12-5+. The van der Waals surface area contributed by atoms with Crippen molar-refractivity contribution in [3.8, 4) is 0 Å². The molecule has 0 aromatic heterocycles. The van der Waals surface area contributed by atoms with Gasteiger partial charge in [-0.15, -0.1) is 0 Å². The Labute approximate surface area is 156 Å². The third-order valence-corrected chi connectivity index (χ3v) is 3.42. The van der Waals surface area contributed by atoms with E-state index in [2.05, 4.69) is 10.6 Å². The molecule has 1 unspecified atom stereocenters. The van der Waals surface area contributed by atoms with E-state index in [1.807, 2.05) is 0 Å². The molecular formula is C20H19FN2O4.